The average molecular weight is 522 g/mol. The Hall–Kier alpha value is -2.25. The molecule has 0 bridgehead atoms. The van der Waals surface area contributed by atoms with E-state index in [0.717, 1.165) is 14.7 Å². The van der Waals surface area contributed by atoms with Crippen molar-refractivity contribution < 1.29 is 14.3 Å². The number of nitrogens with one attached hydrogen (secondary N) is 1. The fourth-order valence-corrected chi connectivity index (χ4v) is 3.64. The molecule has 0 saturated carbocycles. The van der Waals surface area contributed by atoms with Crippen LogP contribution in [0.2, 0.25) is 5.02 Å². The molecular weight excluding hydrogens is 501 g/mol. The zero-order chi connectivity index (χ0) is 21.0. The third-order valence-corrected chi connectivity index (χ3v) is 5.63. The second-order valence-corrected chi connectivity index (χ2v) is 8.25. The molecule has 0 fully saturated rings. The summed E-state index contributed by atoms with van der Waals surface area (Å²) in [5.74, 6) is 0.880. The van der Waals surface area contributed by atoms with Gasteiger partial charge >= 0.3 is 0 Å². The van der Waals surface area contributed by atoms with E-state index in [0.29, 0.717) is 34.4 Å². The van der Waals surface area contributed by atoms with Gasteiger partial charge in [0.05, 0.1) is 10.7 Å². The van der Waals surface area contributed by atoms with Crippen LogP contribution in [-0.2, 0) is 6.61 Å². The first-order valence-electron chi connectivity index (χ1n) is 9.00. The molecule has 0 atom stereocenters. The number of hydrogen-bond donors (Lipinski definition) is 1. The van der Waals surface area contributed by atoms with Crippen molar-refractivity contribution in [1.82, 2.24) is 0 Å². The van der Waals surface area contributed by atoms with E-state index in [1.54, 1.807) is 25.3 Å². The van der Waals surface area contributed by atoms with Crippen LogP contribution in [-0.4, -0.2) is 13.0 Å². The van der Waals surface area contributed by atoms with Gasteiger partial charge in [-0.3, -0.25) is 4.79 Å². The van der Waals surface area contributed by atoms with Gasteiger partial charge in [-0.05, 0) is 71.8 Å². The van der Waals surface area contributed by atoms with Crippen LogP contribution in [0.4, 0.5) is 5.69 Å². The number of carbonyl (C=O) groups excluding carboxylic acids is 1. The highest BCUT2D eigenvalue weighted by Gasteiger charge is 2.16. The van der Waals surface area contributed by atoms with Crippen LogP contribution in [0, 0.1) is 17.4 Å². The summed E-state index contributed by atoms with van der Waals surface area (Å²) >= 11 is 8.29. The van der Waals surface area contributed by atoms with Gasteiger partial charge in [-0.2, -0.15) is 0 Å². The molecule has 0 radical (unpaired) electrons. The minimum absolute atomic E-state index is 0.244. The van der Waals surface area contributed by atoms with Crippen molar-refractivity contribution in [3.63, 3.8) is 0 Å². The summed E-state index contributed by atoms with van der Waals surface area (Å²) in [6.45, 7) is 4.38. The number of benzene rings is 3. The highest BCUT2D eigenvalue weighted by atomic mass is 127. The predicted octanol–water partition coefficient (Wildman–Crippen LogP) is 6.40. The molecule has 3 aromatic carbocycles. The van der Waals surface area contributed by atoms with Gasteiger partial charge < -0.3 is 14.8 Å². The second kappa shape index (κ2) is 9.50. The molecule has 0 spiro atoms. The lowest BCUT2D eigenvalue weighted by Gasteiger charge is -2.15. The molecule has 0 unspecified atom stereocenters. The molecule has 1 amide bonds. The molecule has 3 rings (SSSR count). The summed E-state index contributed by atoms with van der Waals surface area (Å²) in [5.41, 5.74) is 4.33. The van der Waals surface area contributed by atoms with E-state index in [2.05, 4.69) is 27.9 Å². The zero-order valence-corrected chi connectivity index (χ0v) is 19.3. The first kappa shape index (κ1) is 21.5. The van der Waals surface area contributed by atoms with Gasteiger partial charge in [0.15, 0.2) is 11.5 Å². The normalized spacial score (nSPS) is 10.5. The van der Waals surface area contributed by atoms with Crippen molar-refractivity contribution in [3.8, 4) is 11.5 Å². The minimum Gasteiger partial charge on any atom is -0.493 e. The van der Waals surface area contributed by atoms with Gasteiger partial charge in [-0.1, -0.05) is 47.5 Å². The molecule has 29 heavy (non-hydrogen) atoms. The van der Waals surface area contributed by atoms with E-state index in [1.807, 2.05) is 50.2 Å². The predicted molar refractivity (Wildman–Crippen MR) is 125 cm³/mol. The Morgan fingerprint density at radius 2 is 1.79 bits per heavy atom. The lowest BCUT2D eigenvalue weighted by atomic mass is 10.1. The third-order valence-electron chi connectivity index (χ3n) is 4.43. The SMILES string of the molecule is COc1cc(C(=O)Nc2ccc(C)c(Cl)c2)cc(I)c1OCc1ccc(C)cc1. The number of ether oxygens (including phenoxy) is 2. The van der Waals surface area contributed by atoms with Crippen LogP contribution >= 0.6 is 34.2 Å². The molecule has 0 aliphatic carbocycles. The van der Waals surface area contributed by atoms with Crippen LogP contribution in [0.15, 0.2) is 54.6 Å². The van der Waals surface area contributed by atoms with Crippen molar-refractivity contribution >= 4 is 45.8 Å². The minimum atomic E-state index is -0.244. The Labute approximate surface area is 189 Å². The first-order valence-corrected chi connectivity index (χ1v) is 10.5. The van der Waals surface area contributed by atoms with E-state index < -0.39 is 0 Å². The molecule has 150 valence electrons. The smallest absolute Gasteiger partial charge is 0.255 e. The lowest BCUT2D eigenvalue weighted by molar-refractivity contribution is 0.102. The Morgan fingerprint density at radius 1 is 1.07 bits per heavy atom. The lowest BCUT2D eigenvalue weighted by Crippen LogP contribution is -2.13. The van der Waals surface area contributed by atoms with E-state index >= 15 is 0 Å². The van der Waals surface area contributed by atoms with Crippen molar-refractivity contribution in [2.45, 2.75) is 20.5 Å². The average Bonchev–Trinajstić information content (AvgIpc) is 2.70. The first-order chi connectivity index (χ1) is 13.9. The number of anilines is 1. The highest BCUT2D eigenvalue weighted by molar-refractivity contribution is 14.1. The van der Waals surface area contributed by atoms with Crippen LogP contribution < -0.4 is 14.8 Å². The summed E-state index contributed by atoms with van der Waals surface area (Å²) in [6.07, 6.45) is 0. The largest absolute Gasteiger partial charge is 0.493 e. The van der Waals surface area contributed by atoms with Gasteiger partial charge in [-0.15, -0.1) is 0 Å². The van der Waals surface area contributed by atoms with E-state index in [4.69, 9.17) is 21.1 Å². The monoisotopic (exact) mass is 521 g/mol. The highest BCUT2D eigenvalue weighted by Crippen LogP contribution is 2.35. The van der Waals surface area contributed by atoms with Crippen molar-refractivity contribution in [2.75, 3.05) is 12.4 Å². The second-order valence-electron chi connectivity index (χ2n) is 6.68. The van der Waals surface area contributed by atoms with Gasteiger partial charge in [0.1, 0.15) is 6.61 Å². The number of rotatable bonds is 6. The Bertz CT molecular complexity index is 1040. The number of halogens is 2. The summed E-state index contributed by atoms with van der Waals surface area (Å²) in [4.78, 5) is 12.7. The third kappa shape index (κ3) is 5.42. The Balaban J connectivity index is 1.78. The quantitative estimate of drug-likeness (QED) is 0.382. The molecule has 0 aromatic heterocycles. The summed E-state index contributed by atoms with van der Waals surface area (Å²) < 4.78 is 12.3. The maximum absolute atomic E-state index is 12.7. The molecule has 0 aliphatic heterocycles. The van der Waals surface area contributed by atoms with Gasteiger partial charge in [-0.25, -0.2) is 0 Å². The molecule has 4 nitrogen and oxygen atoms in total. The fraction of sp³-hybridized carbons (Fsp3) is 0.174. The van der Waals surface area contributed by atoms with Gasteiger partial charge in [0.2, 0.25) is 0 Å². The zero-order valence-electron chi connectivity index (χ0n) is 16.4. The number of carbonyl (C=O) groups is 1. The molecule has 3 aromatic rings. The standard InChI is InChI=1S/C23H21ClINO3/c1-14-4-7-16(8-5-14)13-29-22-20(25)10-17(11-21(22)28-3)23(27)26-18-9-6-15(2)19(24)12-18/h4-12H,13H2,1-3H3,(H,26,27). The number of hydrogen-bond acceptors (Lipinski definition) is 3. The van der Waals surface area contributed by atoms with Crippen molar-refractivity contribution in [2.24, 2.45) is 0 Å². The van der Waals surface area contributed by atoms with Gasteiger partial charge in [0, 0.05) is 16.3 Å². The molecule has 0 heterocycles. The molecule has 0 aliphatic rings. The maximum atomic E-state index is 12.7. The number of aryl methyl sites for hydroxylation is 2. The van der Waals surface area contributed by atoms with Crippen LogP contribution in [0.3, 0.4) is 0 Å². The van der Waals surface area contributed by atoms with E-state index in [1.165, 1.54) is 5.56 Å². The van der Waals surface area contributed by atoms with Crippen LogP contribution in [0.25, 0.3) is 0 Å². The van der Waals surface area contributed by atoms with Crippen molar-refractivity contribution in [1.29, 1.82) is 0 Å². The van der Waals surface area contributed by atoms with E-state index in [-0.39, 0.29) is 5.91 Å². The topological polar surface area (TPSA) is 47.6 Å². The summed E-state index contributed by atoms with van der Waals surface area (Å²) in [7, 11) is 1.56. The summed E-state index contributed by atoms with van der Waals surface area (Å²) in [5, 5.41) is 3.47. The van der Waals surface area contributed by atoms with Crippen LogP contribution in [0.1, 0.15) is 27.0 Å². The maximum Gasteiger partial charge on any atom is 0.255 e. The fourth-order valence-electron chi connectivity index (χ4n) is 2.70. The number of amides is 1. The molecule has 6 heteroatoms. The summed E-state index contributed by atoms with van der Waals surface area (Å²) in [6, 6.07) is 17.0. The Kier molecular flexibility index (Phi) is 7.03. The Morgan fingerprint density at radius 3 is 2.45 bits per heavy atom. The van der Waals surface area contributed by atoms with Gasteiger partial charge in [0.25, 0.3) is 5.91 Å². The van der Waals surface area contributed by atoms with Crippen molar-refractivity contribution in [3.05, 3.63) is 85.4 Å². The molecular formula is C23H21ClINO3. The van der Waals surface area contributed by atoms with E-state index in [9.17, 15) is 4.79 Å². The van der Waals surface area contributed by atoms with Crippen LogP contribution in [0.5, 0.6) is 11.5 Å². The number of methoxy groups -OCH3 is 1. The molecule has 0 saturated heterocycles. The molecule has 1 N–H and O–H groups in total.